The van der Waals surface area contributed by atoms with E-state index in [0.29, 0.717) is 11.3 Å². The zero-order valence-corrected chi connectivity index (χ0v) is 6.88. The van der Waals surface area contributed by atoms with Crippen LogP contribution in [0.5, 0.6) is 0 Å². The number of pyridine rings is 1. The number of nitrogens with zero attached hydrogens (tertiary/aromatic N) is 1. The van der Waals surface area contributed by atoms with Crippen molar-refractivity contribution < 1.29 is 9.90 Å². The molecule has 0 atom stereocenters. The Labute approximate surface area is 74.0 Å². The van der Waals surface area contributed by atoms with Gasteiger partial charge in [-0.1, -0.05) is 11.6 Å². The fourth-order valence-corrected chi connectivity index (χ4v) is 0.969. The average molecular weight is 187 g/mol. The first-order chi connectivity index (χ1) is 5.59. The summed E-state index contributed by atoms with van der Waals surface area (Å²) in [7, 11) is 0. The van der Waals surface area contributed by atoms with Crippen LogP contribution in [0, 0.1) is 0 Å². The molecule has 0 amide bonds. The van der Waals surface area contributed by atoms with Crippen molar-refractivity contribution in [2.45, 2.75) is 6.42 Å². The maximum Gasteiger partial charge on any atom is 0.307 e. The number of nitrogen functional groups attached to an aromatic ring is 1. The van der Waals surface area contributed by atoms with E-state index in [4.69, 9.17) is 22.4 Å². The van der Waals surface area contributed by atoms with Crippen molar-refractivity contribution in [3.8, 4) is 0 Å². The van der Waals surface area contributed by atoms with Crippen LogP contribution >= 0.6 is 11.6 Å². The molecule has 1 aromatic rings. The van der Waals surface area contributed by atoms with Crippen molar-refractivity contribution in [2.24, 2.45) is 0 Å². The van der Waals surface area contributed by atoms with Crippen LogP contribution in [0.1, 0.15) is 5.56 Å². The lowest BCUT2D eigenvalue weighted by Crippen LogP contribution is -2.02. The normalized spacial score (nSPS) is 9.75. The molecule has 0 radical (unpaired) electrons. The molecule has 1 heterocycles. The fourth-order valence-electron chi connectivity index (χ4n) is 0.799. The maximum atomic E-state index is 10.3. The van der Waals surface area contributed by atoms with Gasteiger partial charge in [0.25, 0.3) is 0 Å². The van der Waals surface area contributed by atoms with Crippen LogP contribution in [-0.4, -0.2) is 16.1 Å². The van der Waals surface area contributed by atoms with E-state index < -0.39 is 5.97 Å². The molecule has 1 rings (SSSR count). The first-order valence-corrected chi connectivity index (χ1v) is 3.59. The number of carboxylic acids is 1. The van der Waals surface area contributed by atoms with Gasteiger partial charge in [-0.3, -0.25) is 4.79 Å². The third kappa shape index (κ3) is 2.10. The molecule has 0 saturated carbocycles. The second kappa shape index (κ2) is 3.40. The number of hydrogen-bond acceptors (Lipinski definition) is 3. The van der Waals surface area contributed by atoms with Gasteiger partial charge >= 0.3 is 5.97 Å². The number of aromatic nitrogens is 1. The van der Waals surface area contributed by atoms with Crippen molar-refractivity contribution in [1.82, 2.24) is 4.98 Å². The Bertz CT molecular complexity index is 314. The summed E-state index contributed by atoms with van der Waals surface area (Å²) in [5.41, 5.74) is 6.24. The molecule has 0 aliphatic heterocycles. The predicted molar refractivity (Wildman–Crippen MR) is 45.0 cm³/mol. The molecule has 1 aromatic heterocycles. The van der Waals surface area contributed by atoms with Crippen molar-refractivity contribution >= 4 is 23.3 Å². The molecular formula is C7H7ClN2O2. The molecule has 5 heteroatoms. The second-order valence-corrected chi connectivity index (χ2v) is 2.65. The van der Waals surface area contributed by atoms with Crippen LogP contribution in [-0.2, 0) is 11.2 Å². The van der Waals surface area contributed by atoms with E-state index in [2.05, 4.69) is 4.98 Å². The molecule has 12 heavy (non-hydrogen) atoms. The summed E-state index contributed by atoms with van der Waals surface area (Å²) in [6, 6.07) is 1.50. The van der Waals surface area contributed by atoms with Crippen molar-refractivity contribution in [3.63, 3.8) is 0 Å². The minimum absolute atomic E-state index is 0.156. The quantitative estimate of drug-likeness (QED) is 0.674. The van der Waals surface area contributed by atoms with E-state index in [1.54, 1.807) is 0 Å². The highest BCUT2D eigenvalue weighted by molar-refractivity contribution is 6.30. The largest absolute Gasteiger partial charge is 0.481 e. The Hall–Kier alpha value is -1.29. The van der Waals surface area contributed by atoms with Gasteiger partial charge < -0.3 is 10.8 Å². The number of carboxylic acid groups (broad SMARTS) is 1. The van der Waals surface area contributed by atoms with Crippen molar-refractivity contribution in [2.75, 3.05) is 5.73 Å². The van der Waals surface area contributed by atoms with E-state index in [1.807, 2.05) is 0 Å². The van der Waals surface area contributed by atoms with Gasteiger partial charge in [-0.2, -0.15) is 0 Å². The first kappa shape index (κ1) is 8.80. The third-order valence-electron chi connectivity index (χ3n) is 1.27. The SMILES string of the molecule is Nc1cnc(Cl)c(CC(=O)O)c1. The van der Waals surface area contributed by atoms with Gasteiger partial charge in [-0.15, -0.1) is 0 Å². The van der Waals surface area contributed by atoms with E-state index >= 15 is 0 Å². The van der Waals surface area contributed by atoms with E-state index in [1.165, 1.54) is 12.3 Å². The number of aliphatic carboxylic acids is 1. The summed E-state index contributed by atoms with van der Waals surface area (Å²) >= 11 is 5.61. The minimum atomic E-state index is -0.954. The molecule has 0 aliphatic carbocycles. The summed E-state index contributed by atoms with van der Waals surface area (Å²) in [5.74, 6) is -0.954. The number of rotatable bonds is 2. The Kier molecular flexibility index (Phi) is 2.50. The highest BCUT2D eigenvalue weighted by Gasteiger charge is 2.06. The lowest BCUT2D eigenvalue weighted by molar-refractivity contribution is -0.136. The van der Waals surface area contributed by atoms with Crippen LogP contribution in [0.2, 0.25) is 5.15 Å². The minimum Gasteiger partial charge on any atom is -0.481 e. The molecule has 0 saturated heterocycles. The monoisotopic (exact) mass is 186 g/mol. The van der Waals surface area contributed by atoms with Gasteiger partial charge in [-0.05, 0) is 6.07 Å². The summed E-state index contributed by atoms with van der Waals surface area (Å²) in [5, 5.41) is 8.64. The van der Waals surface area contributed by atoms with Gasteiger partial charge in [0.05, 0.1) is 18.3 Å². The van der Waals surface area contributed by atoms with Gasteiger partial charge in [0, 0.05) is 5.56 Å². The van der Waals surface area contributed by atoms with Crippen LogP contribution in [0.15, 0.2) is 12.3 Å². The highest BCUT2D eigenvalue weighted by Crippen LogP contribution is 2.15. The smallest absolute Gasteiger partial charge is 0.307 e. The summed E-state index contributed by atoms with van der Waals surface area (Å²) in [6.45, 7) is 0. The number of anilines is 1. The summed E-state index contributed by atoms with van der Waals surface area (Å²) in [4.78, 5) is 14.0. The Balaban J connectivity index is 2.97. The predicted octanol–water partition coefficient (Wildman–Crippen LogP) is 0.944. The third-order valence-corrected chi connectivity index (χ3v) is 1.61. The molecule has 64 valence electrons. The van der Waals surface area contributed by atoms with Crippen molar-refractivity contribution in [3.05, 3.63) is 23.0 Å². The number of carbonyl (C=O) groups is 1. The van der Waals surface area contributed by atoms with Crippen LogP contribution in [0.3, 0.4) is 0 Å². The van der Waals surface area contributed by atoms with Crippen LogP contribution in [0.25, 0.3) is 0 Å². The molecule has 0 bridgehead atoms. The number of halogens is 1. The average Bonchev–Trinajstić information content (AvgIpc) is 1.96. The molecule has 0 spiro atoms. The van der Waals surface area contributed by atoms with E-state index in [0.717, 1.165) is 0 Å². The molecule has 4 nitrogen and oxygen atoms in total. The van der Waals surface area contributed by atoms with E-state index in [-0.39, 0.29) is 11.6 Å². The molecular weight excluding hydrogens is 180 g/mol. The zero-order chi connectivity index (χ0) is 9.14. The number of nitrogens with two attached hydrogens (primary N) is 1. The summed E-state index contributed by atoms with van der Waals surface area (Å²) in [6.07, 6.45) is 1.23. The van der Waals surface area contributed by atoms with Gasteiger partial charge in [0.2, 0.25) is 0 Å². The standard InChI is InChI=1S/C7H7ClN2O2/c8-7-4(2-6(11)12)1-5(9)3-10-7/h1,3H,2,9H2,(H,11,12). The Morgan fingerprint density at radius 3 is 3.00 bits per heavy atom. The topological polar surface area (TPSA) is 76.2 Å². The first-order valence-electron chi connectivity index (χ1n) is 3.21. The fraction of sp³-hybridized carbons (Fsp3) is 0.143. The highest BCUT2D eigenvalue weighted by atomic mass is 35.5. The van der Waals surface area contributed by atoms with Crippen LogP contribution in [0.4, 0.5) is 5.69 Å². The lowest BCUT2D eigenvalue weighted by atomic mass is 10.2. The maximum absolute atomic E-state index is 10.3. The molecule has 0 unspecified atom stereocenters. The van der Waals surface area contributed by atoms with E-state index in [9.17, 15) is 4.79 Å². The van der Waals surface area contributed by atoms with Gasteiger partial charge in [0.15, 0.2) is 0 Å². The zero-order valence-electron chi connectivity index (χ0n) is 6.12. The van der Waals surface area contributed by atoms with Crippen LogP contribution < -0.4 is 5.73 Å². The van der Waals surface area contributed by atoms with Crippen molar-refractivity contribution in [1.29, 1.82) is 0 Å². The molecule has 0 aromatic carbocycles. The Morgan fingerprint density at radius 1 is 1.75 bits per heavy atom. The summed E-state index contributed by atoms with van der Waals surface area (Å²) < 4.78 is 0. The molecule has 3 N–H and O–H groups in total. The molecule has 0 fully saturated rings. The van der Waals surface area contributed by atoms with Gasteiger partial charge in [0.1, 0.15) is 5.15 Å². The number of hydrogen-bond donors (Lipinski definition) is 2. The second-order valence-electron chi connectivity index (χ2n) is 2.29. The molecule has 0 aliphatic rings. The van der Waals surface area contributed by atoms with Gasteiger partial charge in [-0.25, -0.2) is 4.98 Å². The Morgan fingerprint density at radius 2 is 2.42 bits per heavy atom. The lowest BCUT2D eigenvalue weighted by Gasteiger charge is -2.00.